The number of nitrogens with two attached hydrogens (primary N) is 1. The molecule has 0 aromatic heterocycles. The number of nitrogens with one attached hydrogen (secondary N) is 1. The van der Waals surface area contributed by atoms with Gasteiger partial charge in [-0.2, -0.15) is 0 Å². The van der Waals surface area contributed by atoms with Gasteiger partial charge in [0.15, 0.2) is 0 Å². The van der Waals surface area contributed by atoms with Crippen molar-refractivity contribution in [1.29, 1.82) is 0 Å². The molecule has 2 aliphatic rings. The summed E-state index contributed by atoms with van der Waals surface area (Å²) in [6, 6.07) is 0.104. The number of rotatable bonds is 1. The van der Waals surface area contributed by atoms with E-state index in [4.69, 9.17) is 5.73 Å². The number of urea groups is 1. The van der Waals surface area contributed by atoms with E-state index in [1.165, 1.54) is 25.7 Å². The first-order valence-corrected chi connectivity index (χ1v) is 5.56. The molecule has 14 heavy (non-hydrogen) atoms. The maximum atomic E-state index is 11.2. The van der Waals surface area contributed by atoms with Crippen molar-refractivity contribution in [3.05, 3.63) is 0 Å². The topological polar surface area (TPSA) is 58.4 Å². The van der Waals surface area contributed by atoms with E-state index in [0.717, 1.165) is 19.6 Å². The third-order valence-corrected chi connectivity index (χ3v) is 3.51. The maximum Gasteiger partial charge on any atom is 0.315 e. The SMILES string of the molecule is NC(=O)N1CCNCC1C1CCCC1. The molecule has 2 amide bonds. The number of piperazine rings is 1. The fraction of sp³-hybridized carbons (Fsp3) is 0.900. The molecule has 1 saturated heterocycles. The fourth-order valence-corrected chi connectivity index (χ4v) is 2.76. The Kier molecular flexibility index (Phi) is 2.91. The van der Waals surface area contributed by atoms with E-state index in [2.05, 4.69) is 5.32 Å². The monoisotopic (exact) mass is 197 g/mol. The predicted octanol–water partition coefficient (Wildman–Crippen LogP) is 0.529. The Morgan fingerprint density at radius 3 is 2.71 bits per heavy atom. The van der Waals surface area contributed by atoms with Gasteiger partial charge in [0.05, 0.1) is 0 Å². The highest BCUT2D eigenvalue weighted by Crippen LogP contribution is 2.30. The molecule has 4 nitrogen and oxygen atoms in total. The Morgan fingerprint density at radius 2 is 2.07 bits per heavy atom. The largest absolute Gasteiger partial charge is 0.351 e. The Morgan fingerprint density at radius 1 is 1.36 bits per heavy atom. The van der Waals surface area contributed by atoms with Crippen LogP contribution in [0.2, 0.25) is 0 Å². The van der Waals surface area contributed by atoms with Crippen molar-refractivity contribution in [1.82, 2.24) is 10.2 Å². The van der Waals surface area contributed by atoms with E-state index in [1.807, 2.05) is 4.90 Å². The van der Waals surface area contributed by atoms with E-state index >= 15 is 0 Å². The molecule has 0 aromatic rings. The Bertz CT molecular complexity index is 213. The predicted molar refractivity (Wildman–Crippen MR) is 54.9 cm³/mol. The zero-order chi connectivity index (χ0) is 9.97. The minimum Gasteiger partial charge on any atom is -0.351 e. The van der Waals surface area contributed by atoms with Crippen LogP contribution in [0.25, 0.3) is 0 Å². The molecule has 4 heteroatoms. The molecule has 1 heterocycles. The van der Waals surface area contributed by atoms with Crippen LogP contribution in [-0.4, -0.2) is 36.6 Å². The van der Waals surface area contributed by atoms with Gasteiger partial charge in [0.25, 0.3) is 0 Å². The number of hydrogen-bond acceptors (Lipinski definition) is 2. The molecule has 1 aliphatic heterocycles. The van der Waals surface area contributed by atoms with Gasteiger partial charge in [-0.25, -0.2) is 4.79 Å². The summed E-state index contributed by atoms with van der Waals surface area (Å²) in [6.45, 7) is 2.58. The lowest BCUT2D eigenvalue weighted by Gasteiger charge is -2.38. The summed E-state index contributed by atoms with van der Waals surface area (Å²) in [5, 5.41) is 3.35. The van der Waals surface area contributed by atoms with Gasteiger partial charge in [-0.15, -0.1) is 0 Å². The average Bonchev–Trinajstić information content (AvgIpc) is 2.70. The molecule has 1 saturated carbocycles. The van der Waals surface area contributed by atoms with Gasteiger partial charge in [-0.3, -0.25) is 0 Å². The zero-order valence-corrected chi connectivity index (χ0v) is 8.54. The summed E-state index contributed by atoms with van der Waals surface area (Å²) < 4.78 is 0. The highest BCUT2D eigenvalue weighted by Gasteiger charge is 2.33. The number of hydrogen-bond donors (Lipinski definition) is 2. The molecule has 0 spiro atoms. The summed E-state index contributed by atoms with van der Waals surface area (Å²) in [5.41, 5.74) is 5.38. The van der Waals surface area contributed by atoms with Gasteiger partial charge in [-0.1, -0.05) is 12.8 Å². The molecule has 1 atom stereocenters. The van der Waals surface area contributed by atoms with Gasteiger partial charge in [0, 0.05) is 25.7 Å². The first-order valence-electron chi connectivity index (χ1n) is 5.56. The minimum atomic E-state index is -0.247. The maximum absolute atomic E-state index is 11.2. The van der Waals surface area contributed by atoms with E-state index in [0.29, 0.717) is 12.0 Å². The van der Waals surface area contributed by atoms with Gasteiger partial charge in [0.2, 0.25) is 0 Å². The lowest BCUT2D eigenvalue weighted by molar-refractivity contribution is 0.135. The van der Waals surface area contributed by atoms with Crippen LogP contribution in [-0.2, 0) is 0 Å². The minimum absolute atomic E-state index is 0.247. The van der Waals surface area contributed by atoms with E-state index in [1.54, 1.807) is 0 Å². The Hall–Kier alpha value is -0.770. The Balaban J connectivity index is 2.01. The lowest BCUT2D eigenvalue weighted by Crippen LogP contribution is -2.57. The second-order valence-electron chi connectivity index (χ2n) is 4.35. The van der Waals surface area contributed by atoms with Crippen molar-refractivity contribution in [3.8, 4) is 0 Å². The van der Waals surface area contributed by atoms with Crippen molar-refractivity contribution in [2.45, 2.75) is 31.7 Å². The third-order valence-electron chi connectivity index (χ3n) is 3.51. The fourth-order valence-electron chi connectivity index (χ4n) is 2.76. The zero-order valence-electron chi connectivity index (χ0n) is 8.54. The normalized spacial score (nSPS) is 29.4. The highest BCUT2D eigenvalue weighted by atomic mass is 16.2. The summed E-state index contributed by atoms with van der Waals surface area (Å²) >= 11 is 0. The summed E-state index contributed by atoms with van der Waals surface area (Å²) in [4.78, 5) is 13.1. The van der Waals surface area contributed by atoms with Crippen LogP contribution in [0.1, 0.15) is 25.7 Å². The Labute approximate surface area is 84.8 Å². The average molecular weight is 197 g/mol. The van der Waals surface area contributed by atoms with Crippen LogP contribution in [0.4, 0.5) is 4.79 Å². The van der Waals surface area contributed by atoms with Crippen molar-refractivity contribution in [3.63, 3.8) is 0 Å². The molecule has 3 N–H and O–H groups in total. The van der Waals surface area contributed by atoms with Crippen molar-refractivity contribution in [2.75, 3.05) is 19.6 Å². The number of carbonyl (C=O) groups is 1. The van der Waals surface area contributed by atoms with Gasteiger partial charge >= 0.3 is 6.03 Å². The standard InChI is InChI=1S/C10H19N3O/c11-10(14)13-6-5-12-7-9(13)8-3-1-2-4-8/h8-9,12H,1-7H2,(H2,11,14). The van der Waals surface area contributed by atoms with Crippen molar-refractivity contribution in [2.24, 2.45) is 11.7 Å². The second-order valence-corrected chi connectivity index (χ2v) is 4.35. The van der Waals surface area contributed by atoms with Crippen molar-refractivity contribution >= 4 is 6.03 Å². The molecule has 0 bridgehead atoms. The molecule has 0 aromatic carbocycles. The molecule has 1 aliphatic carbocycles. The summed E-state index contributed by atoms with van der Waals surface area (Å²) in [6.07, 6.45) is 5.15. The van der Waals surface area contributed by atoms with Crippen LogP contribution in [0.3, 0.4) is 0 Å². The first kappa shape index (κ1) is 9.77. The van der Waals surface area contributed by atoms with Crippen LogP contribution < -0.4 is 11.1 Å². The number of primary amides is 1. The van der Waals surface area contributed by atoms with Gasteiger partial charge in [-0.05, 0) is 18.8 Å². The summed E-state index contributed by atoms with van der Waals surface area (Å²) in [5.74, 6) is 0.676. The number of nitrogens with zero attached hydrogens (tertiary/aromatic N) is 1. The molecular formula is C10H19N3O. The molecule has 80 valence electrons. The molecule has 1 unspecified atom stereocenters. The lowest BCUT2D eigenvalue weighted by atomic mass is 9.95. The molecular weight excluding hydrogens is 178 g/mol. The van der Waals surface area contributed by atoms with Crippen LogP contribution >= 0.6 is 0 Å². The van der Waals surface area contributed by atoms with Gasteiger partial charge < -0.3 is 16.0 Å². The van der Waals surface area contributed by atoms with Crippen LogP contribution in [0.5, 0.6) is 0 Å². The second kappa shape index (κ2) is 4.17. The highest BCUT2D eigenvalue weighted by molar-refractivity contribution is 5.72. The quantitative estimate of drug-likeness (QED) is 0.644. The molecule has 2 rings (SSSR count). The van der Waals surface area contributed by atoms with E-state index in [9.17, 15) is 4.79 Å². The first-order chi connectivity index (χ1) is 6.79. The van der Waals surface area contributed by atoms with E-state index < -0.39 is 0 Å². The number of carbonyl (C=O) groups excluding carboxylic acids is 1. The number of amides is 2. The molecule has 0 radical (unpaired) electrons. The smallest absolute Gasteiger partial charge is 0.315 e. The molecule has 2 fully saturated rings. The van der Waals surface area contributed by atoms with Crippen LogP contribution in [0, 0.1) is 5.92 Å². The van der Waals surface area contributed by atoms with Crippen molar-refractivity contribution < 1.29 is 4.79 Å². The van der Waals surface area contributed by atoms with Gasteiger partial charge in [0.1, 0.15) is 0 Å². The van der Waals surface area contributed by atoms with E-state index in [-0.39, 0.29) is 6.03 Å². The third kappa shape index (κ3) is 1.85. The summed E-state index contributed by atoms with van der Waals surface area (Å²) in [7, 11) is 0. The van der Waals surface area contributed by atoms with Crippen LogP contribution in [0.15, 0.2) is 0 Å².